The van der Waals surface area contributed by atoms with E-state index >= 15 is 0 Å². The molecule has 0 atom stereocenters. The van der Waals surface area contributed by atoms with Gasteiger partial charge in [0.15, 0.2) is 0 Å². The van der Waals surface area contributed by atoms with E-state index in [0.717, 1.165) is 22.6 Å². The number of ether oxygens (including phenoxy) is 1. The van der Waals surface area contributed by atoms with E-state index in [1.165, 1.54) is 15.9 Å². The van der Waals surface area contributed by atoms with Crippen LogP contribution in [0.3, 0.4) is 0 Å². The van der Waals surface area contributed by atoms with E-state index in [2.05, 4.69) is 9.97 Å². The minimum Gasteiger partial charge on any atom is -0.497 e. The molecule has 0 amide bonds. The number of aryl methyl sites for hydroxylation is 2. The van der Waals surface area contributed by atoms with E-state index in [9.17, 15) is 4.79 Å². The lowest BCUT2D eigenvalue weighted by molar-refractivity contribution is 0.414. The number of methoxy groups -OCH3 is 1. The van der Waals surface area contributed by atoms with Crippen LogP contribution in [-0.2, 0) is 0 Å². The summed E-state index contributed by atoms with van der Waals surface area (Å²) in [6.45, 7) is 3.95. The fraction of sp³-hybridized carbons (Fsp3) is 0.167. The maximum absolute atomic E-state index is 13.0. The highest BCUT2D eigenvalue weighted by atomic mass is 32.1. The summed E-state index contributed by atoms with van der Waals surface area (Å²) in [6.07, 6.45) is 3.29. The van der Waals surface area contributed by atoms with Crippen LogP contribution in [0.4, 0.5) is 0 Å². The number of fused-ring (bicyclic) bond motifs is 1. The Hall–Kier alpha value is -2.73. The second-order valence-electron chi connectivity index (χ2n) is 5.29. The molecular weight excluding hydrogens is 322 g/mol. The Morgan fingerprint density at radius 3 is 2.58 bits per heavy atom. The van der Waals surface area contributed by atoms with E-state index in [1.807, 2.05) is 44.2 Å². The van der Waals surface area contributed by atoms with Gasteiger partial charge in [0.2, 0.25) is 0 Å². The monoisotopic (exact) mass is 339 g/mol. The molecule has 24 heavy (non-hydrogen) atoms. The van der Waals surface area contributed by atoms with Gasteiger partial charge in [0, 0.05) is 6.20 Å². The Kier molecular flexibility index (Phi) is 4.57. The average molecular weight is 339 g/mol. The quantitative estimate of drug-likeness (QED) is 0.716. The molecule has 2 heterocycles. The maximum Gasteiger partial charge on any atom is 0.275 e. The van der Waals surface area contributed by atoms with Gasteiger partial charge in [-0.3, -0.25) is 14.3 Å². The van der Waals surface area contributed by atoms with Crippen molar-refractivity contribution in [2.75, 3.05) is 7.11 Å². The van der Waals surface area contributed by atoms with Crippen LogP contribution in [0.5, 0.6) is 5.75 Å². The lowest BCUT2D eigenvalue weighted by atomic mass is 10.1. The molecule has 0 bridgehead atoms. The van der Waals surface area contributed by atoms with Gasteiger partial charge in [-0.05, 0) is 55.3 Å². The summed E-state index contributed by atoms with van der Waals surface area (Å²) in [4.78, 5) is 21.7. The summed E-state index contributed by atoms with van der Waals surface area (Å²) < 4.78 is 7.26. The van der Waals surface area contributed by atoms with Gasteiger partial charge in [0.25, 0.3) is 5.56 Å². The predicted molar refractivity (Wildman–Crippen MR) is 96.7 cm³/mol. The lowest BCUT2D eigenvalue weighted by Crippen LogP contribution is -2.18. The summed E-state index contributed by atoms with van der Waals surface area (Å²) in [5, 5.41) is 0. The van der Waals surface area contributed by atoms with Crippen molar-refractivity contribution < 1.29 is 4.74 Å². The molecule has 0 aliphatic rings. The standard InChI is InChI=1S/C18H17N3O2S/c1-12-8-9-19-11-24-17-16(13(12)2)20-10-21(18(17)22)14-4-6-15(23-3)7-5-14/h4-11H,1-3H3. The van der Waals surface area contributed by atoms with Crippen LogP contribution < -0.4 is 10.3 Å². The van der Waals surface area contributed by atoms with Crippen molar-refractivity contribution in [2.45, 2.75) is 13.8 Å². The number of rotatable bonds is 2. The molecule has 122 valence electrons. The molecule has 3 rings (SSSR count). The zero-order valence-corrected chi connectivity index (χ0v) is 14.5. The smallest absolute Gasteiger partial charge is 0.275 e. The second kappa shape index (κ2) is 6.80. The van der Waals surface area contributed by atoms with Crippen LogP contribution in [0, 0.1) is 13.8 Å². The zero-order chi connectivity index (χ0) is 17.1. The SMILES string of the molecule is COc1ccc(-n2cnc3c(C)c(C)ccncsc3c2=O)cc1. The molecule has 5 nitrogen and oxygen atoms in total. The molecule has 0 N–H and O–H groups in total. The van der Waals surface area contributed by atoms with Crippen molar-refractivity contribution in [1.82, 2.24) is 14.5 Å². The molecule has 3 aromatic rings. The van der Waals surface area contributed by atoms with Gasteiger partial charge in [-0.15, -0.1) is 11.3 Å². The Labute approximate surface area is 143 Å². The Balaban J connectivity index is 2.32. The van der Waals surface area contributed by atoms with Crippen LogP contribution in [0.2, 0.25) is 0 Å². The minimum atomic E-state index is -0.115. The summed E-state index contributed by atoms with van der Waals surface area (Å²) in [5.74, 6) is 0.740. The van der Waals surface area contributed by atoms with Crippen molar-refractivity contribution in [3.05, 3.63) is 69.8 Å². The van der Waals surface area contributed by atoms with Crippen molar-refractivity contribution in [1.29, 1.82) is 0 Å². The van der Waals surface area contributed by atoms with Crippen LogP contribution >= 0.6 is 11.3 Å². The van der Waals surface area contributed by atoms with Gasteiger partial charge >= 0.3 is 0 Å². The van der Waals surface area contributed by atoms with Crippen molar-refractivity contribution in [2.24, 2.45) is 0 Å². The van der Waals surface area contributed by atoms with E-state index in [-0.39, 0.29) is 5.56 Å². The van der Waals surface area contributed by atoms with Gasteiger partial charge in [-0.1, -0.05) is 0 Å². The number of hydrogen-bond donors (Lipinski definition) is 0. The molecule has 0 saturated carbocycles. The van der Waals surface area contributed by atoms with Crippen molar-refractivity contribution >= 4 is 21.6 Å². The second-order valence-corrected chi connectivity index (χ2v) is 6.15. The topological polar surface area (TPSA) is 57.0 Å². The molecular formula is C18H17N3O2S. The van der Waals surface area contributed by atoms with Crippen LogP contribution in [0.25, 0.3) is 15.9 Å². The Morgan fingerprint density at radius 2 is 1.88 bits per heavy atom. The number of benzene rings is 1. The zero-order valence-electron chi connectivity index (χ0n) is 13.7. The van der Waals surface area contributed by atoms with Gasteiger partial charge in [0.05, 0.1) is 23.8 Å². The van der Waals surface area contributed by atoms with Crippen LogP contribution in [0.15, 0.2) is 53.2 Å². The average Bonchev–Trinajstić information content (AvgIpc) is 2.67. The predicted octanol–water partition coefficient (Wildman–Crippen LogP) is 3.59. The molecule has 0 aliphatic carbocycles. The molecule has 1 aromatic carbocycles. The molecule has 0 saturated heterocycles. The van der Waals surface area contributed by atoms with Crippen LogP contribution in [-0.4, -0.2) is 21.6 Å². The Bertz CT molecular complexity index is 989. The van der Waals surface area contributed by atoms with E-state index in [0.29, 0.717) is 10.2 Å². The molecule has 0 fully saturated rings. The summed E-state index contributed by atoms with van der Waals surface area (Å²) in [5.41, 5.74) is 4.98. The number of nitrogens with zero attached hydrogens (tertiary/aromatic N) is 3. The molecule has 2 aromatic heterocycles. The van der Waals surface area contributed by atoms with Gasteiger partial charge in [-0.25, -0.2) is 4.98 Å². The first-order valence-corrected chi connectivity index (χ1v) is 8.28. The maximum atomic E-state index is 13.0. The molecule has 0 unspecified atom stereocenters. The third-order valence-electron chi connectivity index (χ3n) is 3.87. The van der Waals surface area contributed by atoms with Crippen molar-refractivity contribution in [3.63, 3.8) is 0 Å². The van der Waals surface area contributed by atoms with E-state index < -0.39 is 0 Å². The first-order chi connectivity index (χ1) is 11.6. The minimum absolute atomic E-state index is 0.115. The fourth-order valence-corrected chi connectivity index (χ4v) is 3.08. The highest BCUT2D eigenvalue weighted by Crippen LogP contribution is 2.18. The van der Waals surface area contributed by atoms with Gasteiger partial charge in [-0.2, -0.15) is 0 Å². The summed E-state index contributed by atoms with van der Waals surface area (Å²) in [6, 6.07) is 9.21. The van der Waals surface area contributed by atoms with Gasteiger partial charge in [0.1, 0.15) is 16.8 Å². The highest BCUT2D eigenvalue weighted by Gasteiger charge is 2.08. The third kappa shape index (κ3) is 3.00. The third-order valence-corrected chi connectivity index (χ3v) is 4.70. The Morgan fingerprint density at radius 1 is 1.12 bits per heavy atom. The molecule has 0 aliphatic heterocycles. The largest absolute Gasteiger partial charge is 0.497 e. The first-order valence-electron chi connectivity index (χ1n) is 7.40. The lowest BCUT2D eigenvalue weighted by Gasteiger charge is -2.07. The molecule has 6 heteroatoms. The van der Waals surface area contributed by atoms with E-state index in [1.54, 1.807) is 25.1 Å². The molecule has 0 spiro atoms. The number of aromatic nitrogens is 3. The van der Waals surface area contributed by atoms with Crippen molar-refractivity contribution in [3.8, 4) is 11.4 Å². The molecule has 0 radical (unpaired) electrons. The normalized spacial score (nSPS) is 10.5. The summed E-state index contributed by atoms with van der Waals surface area (Å²) in [7, 11) is 1.61. The number of hydrogen-bond acceptors (Lipinski definition) is 5. The van der Waals surface area contributed by atoms with Crippen LogP contribution in [0.1, 0.15) is 11.1 Å². The van der Waals surface area contributed by atoms with E-state index in [4.69, 9.17) is 4.74 Å². The highest BCUT2D eigenvalue weighted by molar-refractivity contribution is 7.16. The summed E-state index contributed by atoms with van der Waals surface area (Å²) >= 11 is 1.29. The fourth-order valence-electron chi connectivity index (χ4n) is 2.32. The first kappa shape index (κ1) is 16.1. The van der Waals surface area contributed by atoms with Gasteiger partial charge < -0.3 is 4.74 Å².